The first-order valence-corrected chi connectivity index (χ1v) is 6.04. The van der Waals surface area contributed by atoms with Crippen LogP contribution in [0, 0.1) is 0 Å². The van der Waals surface area contributed by atoms with Crippen LogP contribution in [0.1, 0.15) is 6.92 Å². The monoisotopic (exact) mass is 234 g/mol. The first kappa shape index (κ1) is 10.8. The van der Waals surface area contributed by atoms with Crippen LogP contribution in [0.3, 0.4) is 0 Å². The van der Waals surface area contributed by atoms with E-state index < -0.39 is 0 Å². The molecule has 1 heterocycles. The Bertz CT molecular complexity index is 850. The van der Waals surface area contributed by atoms with Gasteiger partial charge in [0.25, 0.3) is 0 Å². The molecule has 0 amide bonds. The van der Waals surface area contributed by atoms with Gasteiger partial charge in [0.15, 0.2) is 0 Å². The van der Waals surface area contributed by atoms with Gasteiger partial charge < -0.3 is 4.42 Å². The fourth-order valence-corrected chi connectivity index (χ4v) is 2.37. The summed E-state index contributed by atoms with van der Waals surface area (Å²) in [4.78, 5) is 0. The lowest BCUT2D eigenvalue weighted by molar-refractivity contribution is 0.578. The largest absolute Gasteiger partial charge is 0.456 e. The van der Waals surface area contributed by atoms with Crippen LogP contribution in [0.25, 0.3) is 33.9 Å². The maximum atomic E-state index is 5.98. The van der Waals surface area contributed by atoms with Crippen molar-refractivity contribution >= 4 is 33.9 Å². The van der Waals surface area contributed by atoms with Crippen molar-refractivity contribution in [3.8, 4) is 0 Å². The summed E-state index contributed by atoms with van der Waals surface area (Å²) in [6, 6.07) is 12.5. The minimum absolute atomic E-state index is 0.904. The summed E-state index contributed by atoms with van der Waals surface area (Å²) in [5.74, 6) is 0. The molecule has 1 aromatic heterocycles. The highest BCUT2D eigenvalue weighted by atomic mass is 16.3. The third-order valence-electron chi connectivity index (χ3n) is 3.19. The molecule has 2 aromatic carbocycles. The Morgan fingerprint density at radius 2 is 1.89 bits per heavy atom. The van der Waals surface area contributed by atoms with Crippen molar-refractivity contribution in [3.63, 3.8) is 0 Å². The molecule has 3 aromatic rings. The molecule has 0 radical (unpaired) electrons. The van der Waals surface area contributed by atoms with Crippen molar-refractivity contribution in [1.29, 1.82) is 0 Å². The van der Waals surface area contributed by atoms with E-state index in [9.17, 15) is 0 Å². The summed E-state index contributed by atoms with van der Waals surface area (Å²) >= 11 is 0. The minimum Gasteiger partial charge on any atom is -0.456 e. The maximum Gasteiger partial charge on any atom is 0.143 e. The Hall–Kier alpha value is -2.28. The fourth-order valence-electron chi connectivity index (χ4n) is 2.37. The normalized spacial score (nSPS) is 13.6. The third kappa shape index (κ3) is 1.48. The maximum absolute atomic E-state index is 5.98. The molecule has 1 heteroatoms. The highest BCUT2D eigenvalue weighted by Gasteiger charge is 2.06. The molecule has 0 saturated heterocycles. The first-order valence-electron chi connectivity index (χ1n) is 6.04. The number of allylic oxidation sites excluding steroid dienone is 1. The molecule has 0 unspecified atom stereocenters. The van der Waals surface area contributed by atoms with Gasteiger partial charge in [0.1, 0.15) is 11.0 Å². The molecule has 0 N–H and O–H groups in total. The van der Waals surface area contributed by atoms with Gasteiger partial charge >= 0.3 is 0 Å². The molecule has 0 aliphatic carbocycles. The number of furan rings is 1. The smallest absolute Gasteiger partial charge is 0.143 e. The summed E-state index contributed by atoms with van der Waals surface area (Å²) in [6.45, 7) is 5.76. The molecule has 18 heavy (non-hydrogen) atoms. The van der Waals surface area contributed by atoms with Crippen molar-refractivity contribution in [1.82, 2.24) is 0 Å². The van der Waals surface area contributed by atoms with Gasteiger partial charge in [-0.05, 0) is 24.5 Å². The van der Waals surface area contributed by atoms with E-state index in [1.807, 2.05) is 31.2 Å². The van der Waals surface area contributed by atoms with Crippen LogP contribution in [-0.4, -0.2) is 0 Å². The predicted octanol–water partition coefficient (Wildman–Crippen LogP) is 3.35. The summed E-state index contributed by atoms with van der Waals surface area (Å²) in [6.07, 6.45) is 5.78. The number of fused-ring (bicyclic) bond motifs is 3. The number of benzene rings is 2. The van der Waals surface area contributed by atoms with E-state index in [2.05, 4.69) is 30.8 Å². The van der Waals surface area contributed by atoms with Crippen LogP contribution in [0.2, 0.25) is 0 Å². The van der Waals surface area contributed by atoms with Crippen molar-refractivity contribution in [3.05, 3.63) is 59.7 Å². The Balaban J connectivity index is 2.63. The summed E-state index contributed by atoms with van der Waals surface area (Å²) in [7, 11) is 0. The lowest BCUT2D eigenvalue weighted by Gasteiger charge is -1.96. The van der Waals surface area contributed by atoms with E-state index >= 15 is 0 Å². The van der Waals surface area contributed by atoms with E-state index in [4.69, 9.17) is 4.42 Å². The lowest BCUT2D eigenvalue weighted by atomic mass is 10.1. The molecule has 0 spiro atoms. The highest BCUT2D eigenvalue weighted by Crippen LogP contribution is 2.22. The number of rotatable bonds is 1. The van der Waals surface area contributed by atoms with Gasteiger partial charge in [0, 0.05) is 16.0 Å². The average Bonchev–Trinajstić information content (AvgIpc) is 2.78. The summed E-state index contributed by atoms with van der Waals surface area (Å²) in [5.41, 5.74) is 1.86. The van der Waals surface area contributed by atoms with Gasteiger partial charge in [-0.15, -0.1) is 0 Å². The van der Waals surface area contributed by atoms with E-state index in [1.165, 1.54) is 5.39 Å². The topological polar surface area (TPSA) is 13.1 Å². The third-order valence-corrected chi connectivity index (χ3v) is 3.19. The minimum atomic E-state index is 0.904. The van der Waals surface area contributed by atoms with Crippen LogP contribution in [0.15, 0.2) is 53.5 Å². The van der Waals surface area contributed by atoms with Crippen molar-refractivity contribution < 1.29 is 4.42 Å². The van der Waals surface area contributed by atoms with Crippen molar-refractivity contribution in [2.24, 2.45) is 0 Å². The standard InChI is InChI=1S/C17H14O/c1-3-7-14-15-11-10-12-8-5-6-9-13(12)17(15)18-16(14)4-2/h3-11H,1H2,2H3/b14-7-,16-4+. The van der Waals surface area contributed by atoms with Gasteiger partial charge in [-0.25, -0.2) is 0 Å². The SMILES string of the molecule is C=C/C=c1\c(=C/C)oc2c1ccc1ccccc12. The van der Waals surface area contributed by atoms with Gasteiger partial charge in [0.2, 0.25) is 0 Å². The molecule has 0 bridgehead atoms. The second kappa shape index (κ2) is 4.19. The molecule has 0 fully saturated rings. The number of hydrogen-bond acceptors (Lipinski definition) is 1. The van der Waals surface area contributed by atoms with Gasteiger partial charge in [0.05, 0.1) is 0 Å². The Kier molecular flexibility index (Phi) is 2.52. The summed E-state index contributed by atoms with van der Waals surface area (Å²) in [5, 5.41) is 4.60. The van der Waals surface area contributed by atoms with Crippen LogP contribution in [0.5, 0.6) is 0 Å². The fraction of sp³-hybridized carbons (Fsp3) is 0.0588. The highest BCUT2D eigenvalue weighted by molar-refractivity contribution is 6.04. The summed E-state index contributed by atoms with van der Waals surface area (Å²) < 4.78 is 5.98. The molecule has 0 aliphatic rings. The Labute approximate surface area is 105 Å². The van der Waals surface area contributed by atoms with Crippen LogP contribution in [0.4, 0.5) is 0 Å². The van der Waals surface area contributed by atoms with Crippen molar-refractivity contribution in [2.45, 2.75) is 6.92 Å². The molecule has 88 valence electrons. The average molecular weight is 234 g/mol. The second-order valence-corrected chi connectivity index (χ2v) is 4.23. The van der Waals surface area contributed by atoms with Gasteiger partial charge in [-0.1, -0.05) is 49.1 Å². The van der Waals surface area contributed by atoms with Gasteiger partial charge in [-0.2, -0.15) is 0 Å². The Morgan fingerprint density at radius 3 is 2.67 bits per heavy atom. The van der Waals surface area contributed by atoms with Crippen LogP contribution >= 0.6 is 0 Å². The van der Waals surface area contributed by atoms with E-state index in [1.54, 1.807) is 6.08 Å². The molecular formula is C17H14O. The van der Waals surface area contributed by atoms with E-state index in [0.717, 1.165) is 27.0 Å². The zero-order chi connectivity index (χ0) is 12.5. The second-order valence-electron chi connectivity index (χ2n) is 4.23. The lowest BCUT2D eigenvalue weighted by Crippen LogP contribution is -2.18. The first-order chi connectivity index (χ1) is 8.85. The molecular weight excluding hydrogens is 220 g/mol. The quantitative estimate of drug-likeness (QED) is 0.629. The zero-order valence-corrected chi connectivity index (χ0v) is 10.3. The molecule has 0 aliphatic heterocycles. The number of hydrogen-bond donors (Lipinski definition) is 0. The van der Waals surface area contributed by atoms with Crippen molar-refractivity contribution in [2.75, 3.05) is 0 Å². The van der Waals surface area contributed by atoms with E-state index in [-0.39, 0.29) is 0 Å². The van der Waals surface area contributed by atoms with Gasteiger partial charge in [-0.3, -0.25) is 0 Å². The zero-order valence-electron chi connectivity index (χ0n) is 10.3. The molecule has 0 atom stereocenters. The van der Waals surface area contributed by atoms with E-state index in [0.29, 0.717) is 0 Å². The van der Waals surface area contributed by atoms with Crippen LogP contribution < -0.4 is 10.6 Å². The van der Waals surface area contributed by atoms with Crippen LogP contribution in [-0.2, 0) is 0 Å². The molecule has 1 nitrogen and oxygen atoms in total. The molecule has 3 rings (SSSR count). The predicted molar refractivity (Wildman–Crippen MR) is 77.8 cm³/mol. The molecule has 0 saturated carbocycles. The Morgan fingerprint density at radius 1 is 1.06 bits per heavy atom.